The van der Waals surface area contributed by atoms with Gasteiger partial charge in [0.2, 0.25) is 0 Å². The lowest BCUT2D eigenvalue weighted by molar-refractivity contribution is 0.656. The summed E-state index contributed by atoms with van der Waals surface area (Å²) in [6.45, 7) is 4.60. The zero-order valence-electron chi connectivity index (χ0n) is 8.82. The molecule has 0 atom stereocenters. The van der Waals surface area contributed by atoms with Crippen LogP contribution in [-0.2, 0) is 6.54 Å². The molecule has 0 bridgehead atoms. The van der Waals surface area contributed by atoms with E-state index in [9.17, 15) is 4.79 Å². The van der Waals surface area contributed by atoms with E-state index >= 15 is 0 Å². The summed E-state index contributed by atoms with van der Waals surface area (Å²) in [7, 11) is 0. The van der Waals surface area contributed by atoms with Crippen LogP contribution in [0.5, 0.6) is 0 Å². The Balaban J connectivity index is 2.36. The number of aryl methyl sites for hydroxylation is 2. The molecule has 1 heterocycles. The maximum atomic E-state index is 11.3. The van der Waals surface area contributed by atoms with E-state index in [1.807, 2.05) is 13.8 Å². The van der Waals surface area contributed by atoms with E-state index in [1.54, 1.807) is 0 Å². The lowest BCUT2D eigenvalue weighted by Gasteiger charge is -2.05. The topological polar surface area (TPSA) is 50.7 Å². The standard InChI is InChI=1S/C11H13N3O/c1-8-3-4-9(2)10(5-8)6-14-11(15)12-7-13-14/h3-5,7H,6H2,1-2H3,(H,12,13,15). The number of hydrogen-bond acceptors (Lipinski definition) is 2. The molecule has 2 rings (SSSR count). The lowest BCUT2D eigenvalue weighted by atomic mass is 10.1. The summed E-state index contributed by atoms with van der Waals surface area (Å²) < 4.78 is 1.42. The fourth-order valence-corrected chi connectivity index (χ4v) is 1.53. The van der Waals surface area contributed by atoms with Gasteiger partial charge in [0.1, 0.15) is 6.33 Å². The summed E-state index contributed by atoms with van der Waals surface area (Å²) >= 11 is 0. The summed E-state index contributed by atoms with van der Waals surface area (Å²) in [5, 5.41) is 3.93. The summed E-state index contributed by atoms with van der Waals surface area (Å²) in [5.41, 5.74) is 3.33. The molecule has 0 fully saturated rings. The van der Waals surface area contributed by atoms with Crippen molar-refractivity contribution >= 4 is 0 Å². The first-order chi connectivity index (χ1) is 7.16. The van der Waals surface area contributed by atoms with Gasteiger partial charge in [0.05, 0.1) is 6.54 Å². The van der Waals surface area contributed by atoms with Crippen molar-refractivity contribution in [2.45, 2.75) is 20.4 Å². The Hall–Kier alpha value is -1.84. The van der Waals surface area contributed by atoms with Crippen LogP contribution in [0.4, 0.5) is 0 Å². The predicted molar refractivity (Wildman–Crippen MR) is 57.9 cm³/mol. The Morgan fingerprint density at radius 3 is 2.87 bits per heavy atom. The Kier molecular flexibility index (Phi) is 2.41. The minimum absolute atomic E-state index is 0.170. The molecule has 0 aliphatic heterocycles. The van der Waals surface area contributed by atoms with Crippen LogP contribution in [0.15, 0.2) is 29.3 Å². The molecule has 2 aromatic rings. The number of aromatic amines is 1. The van der Waals surface area contributed by atoms with Crippen LogP contribution in [0.25, 0.3) is 0 Å². The van der Waals surface area contributed by atoms with Gasteiger partial charge in [0.25, 0.3) is 0 Å². The molecule has 0 saturated carbocycles. The monoisotopic (exact) mass is 203 g/mol. The minimum Gasteiger partial charge on any atom is -0.295 e. The van der Waals surface area contributed by atoms with Crippen molar-refractivity contribution < 1.29 is 0 Å². The number of aromatic nitrogens is 3. The fraction of sp³-hybridized carbons (Fsp3) is 0.273. The first kappa shape index (κ1) is 9.71. The fourth-order valence-electron chi connectivity index (χ4n) is 1.53. The van der Waals surface area contributed by atoms with E-state index in [2.05, 4.69) is 28.3 Å². The van der Waals surface area contributed by atoms with E-state index in [4.69, 9.17) is 0 Å². The molecule has 0 radical (unpaired) electrons. The molecule has 15 heavy (non-hydrogen) atoms. The second-order valence-electron chi connectivity index (χ2n) is 3.68. The highest BCUT2D eigenvalue weighted by Crippen LogP contribution is 2.10. The molecule has 0 aliphatic rings. The molecule has 4 nitrogen and oxygen atoms in total. The molecule has 0 aliphatic carbocycles. The van der Waals surface area contributed by atoms with Crippen molar-refractivity contribution in [2.75, 3.05) is 0 Å². The molecule has 0 unspecified atom stereocenters. The van der Waals surface area contributed by atoms with E-state index in [0.29, 0.717) is 6.54 Å². The first-order valence-electron chi connectivity index (χ1n) is 4.83. The smallest absolute Gasteiger partial charge is 0.295 e. The molecule has 4 heteroatoms. The normalized spacial score (nSPS) is 10.5. The van der Waals surface area contributed by atoms with E-state index in [-0.39, 0.29) is 5.69 Å². The highest BCUT2D eigenvalue weighted by Gasteiger charge is 2.02. The average molecular weight is 203 g/mol. The molecular weight excluding hydrogens is 190 g/mol. The molecule has 1 aromatic carbocycles. The zero-order chi connectivity index (χ0) is 10.8. The van der Waals surface area contributed by atoms with Crippen LogP contribution in [0.1, 0.15) is 16.7 Å². The Bertz CT molecular complexity index is 525. The predicted octanol–water partition coefficient (Wildman–Crippen LogP) is 1.24. The SMILES string of the molecule is Cc1ccc(C)c(Cn2nc[nH]c2=O)c1. The van der Waals surface area contributed by atoms with Gasteiger partial charge in [-0.1, -0.05) is 23.8 Å². The molecule has 0 saturated heterocycles. The summed E-state index contributed by atoms with van der Waals surface area (Å²) in [5.74, 6) is 0. The number of rotatable bonds is 2. The molecule has 1 aromatic heterocycles. The van der Waals surface area contributed by atoms with Gasteiger partial charge in [0.15, 0.2) is 0 Å². The van der Waals surface area contributed by atoms with Gasteiger partial charge in [-0.15, -0.1) is 0 Å². The summed E-state index contributed by atoms with van der Waals surface area (Å²) in [6.07, 6.45) is 1.41. The number of nitrogens with one attached hydrogen (secondary N) is 1. The van der Waals surface area contributed by atoms with Crippen LogP contribution >= 0.6 is 0 Å². The van der Waals surface area contributed by atoms with Crippen molar-refractivity contribution in [1.82, 2.24) is 14.8 Å². The van der Waals surface area contributed by atoms with Gasteiger partial charge >= 0.3 is 5.69 Å². The first-order valence-corrected chi connectivity index (χ1v) is 4.83. The number of nitrogens with zero attached hydrogens (tertiary/aromatic N) is 2. The number of H-pyrrole nitrogens is 1. The van der Waals surface area contributed by atoms with Crippen molar-refractivity contribution in [2.24, 2.45) is 0 Å². The molecule has 1 N–H and O–H groups in total. The van der Waals surface area contributed by atoms with E-state index < -0.39 is 0 Å². The van der Waals surface area contributed by atoms with Crippen LogP contribution < -0.4 is 5.69 Å². The summed E-state index contributed by atoms with van der Waals surface area (Å²) in [4.78, 5) is 13.8. The lowest BCUT2D eigenvalue weighted by Crippen LogP contribution is -2.19. The second-order valence-corrected chi connectivity index (χ2v) is 3.68. The highest BCUT2D eigenvalue weighted by molar-refractivity contribution is 5.30. The van der Waals surface area contributed by atoms with Crippen LogP contribution in [-0.4, -0.2) is 14.8 Å². The van der Waals surface area contributed by atoms with Crippen LogP contribution in [0, 0.1) is 13.8 Å². The van der Waals surface area contributed by atoms with Gasteiger partial charge in [-0.05, 0) is 25.0 Å². The van der Waals surface area contributed by atoms with Crippen molar-refractivity contribution in [3.8, 4) is 0 Å². The van der Waals surface area contributed by atoms with Crippen molar-refractivity contribution in [1.29, 1.82) is 0 Å². The Morgan fingerprint density at radius 1 is 1.40 bits per heavy atom. The largest absolute Gasteiger partial charge is 0.343 e. The zero-order valence-corrected chi connectivity index (χ0v) is 8.82. The van der Waals surface area contributed by atoms with Crippen LogP contribution in [0.3, 0.4) is 0 Å². The second kappa shape index (κ2) is 3.73. The number of benzene rings is 1. The Morgan fingerprint density at radius 2 is 2.20 bits per heavy atom. The molecule has 0 spiro atoms. The van der Waals surface area contributed by atoms with Crippen molar-refractivity contribution in [3.63, 3.8) is 0 Å². The summed E-state index contributed by atoms with van der Waals surface area (Å²) in [6, 6.07) is 6.20. The van der Waals surface area contributed by atoms with E-state index in [1.165, 1.54) is 22.1 Å². The third-order valence-electron chi connectivity index (χ3n) is 2.44. The van der Waals surface area contributed by atoms with Crippen LogP contribution in [0.2, 0.25) is 0 Å². The van der Waals surface area contributed by atoms with Gasteiger partial charge in [0, 0.05) is 0 Å². The van der Waals surface area contributed by atoms with Gasteiger partial charge < -0.3 is 0 Å². The minimum atomic E-state index is -0.170. The van der Waals surface area contributed by atoms with Gasteiger partial charge in [-0.2, -0.15) is 5.10 Å². The average Bonchev–Trinajstić information content (AvgIpc) is 2.58. The third kappa shape index (κ3) is 1.98. The van der Waals surface area contributed by atoms with Crippen molar-refractivity contribution in [3.05, 3.63) is 51.7 Å². The molecular formula is C11H13N3O. The molecule has 78 valence electrons. The molecule has 0 amide bonds. The van der Waals surface area contributed by atoms with E-state index in [0.717, 1.165) is 5.56 Å². The maximum absolute atomic E-state index is 11.3. The third-order valence-corrected chi connectivity index (χ3v) is 2.44. The maximum Gasteiger partial charge on any atom is 0.343 e. The Labute approximate surface area is 87.6 Å². The number of hydrogen-bond donors (Lipinski definition) is 1. The van der Waals surface area contributed by atoms with Gasteiger partial charge in [-0.3, -0.25) is 4.98 Å². The highest BCUT2D eigenvalue weighted by atomic mass is 16.1. The van der Waals surface area contributed by atoms with Gasteiger partial charge in [-0.25, -0.2) is 9.48 Å². The quantitative estimate of drug-likeness (QED) is 0.798.